The highest BCUT2D eigenvalue weighted by atomic mass is 16.6. The molecule has 0 rings (SSSR count). The van der Waals surface area contributed by atoms with E-state index in [0.29, 0.717) is 19.3 Å². The zero-order valence-electron chi connectivity index (χ0n) is 52.8. The van der Waals surface area contributed by atoms with Crippen LogP contribution in [-0.4, -0.2) is 37.2 Å². The fourth-order valence-corrected chi connectivity index (χ4v) is 9.14. The fraction of sp³-hybridized carbons (Fsp3) is 0.667. The molecular weight excluding hydrogens is 997 g/mol. The van der Waals surface area contributed by atoms with Gasteiger partial charge in [-0.25, -0.2) is 0 Å². The molecule has 0 N–H and O–H groups in total. The zero-order valence-corrected chi connectivity index (χ0v) is 52.8. The Morgan fingerprint density at radius 2 is 0.481 bits per heavy atom. The Bertz CT molecular complexity index is 1720. The Kier molecular flexibility index (Phi) is 64.3. The molecule has 0 bridgehead atoms. The van der Waals surface area contributed by atoms with Crippen LogP contribution in [-0.2, 0) is 28.6 Å². The zero-order chi connectivity index (χ0) is 58.5. The highest BCUT2D eigenvalue weighted by molar-refractivity contribution is 5.71. The van der Waals surface area contributed by atoms with Gasteiger partial charge in [-0.05, 0) is 135 Å². The van der Waals surface area contributed by atoms with Crippen molar-refractivity contribution >= 4 is 17.9 Å². The van der Waals surface area contributed by atoms with E-state index in [9.17, 15) is 14.4 Å². The molecule has 0 aromatic heterocycles. The Morgan fingerprint density at radius 1 is 0.259 bits per heavy atom. The van der Waals surface area contributed by atoms with Crippen molar-refractivity contribution in [1.82, 2.24) is 0 Å². The lowest BCUT2D eigenvalue weighted by Gasteiger charge is -2.18. The van der Waals surface area contributed by atoms with Gasteiger partial charge in [-0.15, -0.1) is 0 Å². The average Bonchev–Trinajstić information content (AvgIpc) is 3.46. The molecule has 460 valence electrons. The van der Waals surface area contributed by atoms with Gasteiger partial charge in [-0.1, -0.05) is 283 Å². The van der Waals surface area contributed by atoms with Crippen molar-refractivity contribution in [1.29, 1.82) is 0 Å². The quantitative estimate of drug-likeness (QED) is 0.0261. The highest BCUT2D eigenvalue weighted by Crippen LogP contribution is 2.16. The number of carbonyl (C=O) groups excluding carboxylic acids is 3. The Balaban J connectivity index is 4.26. The smallest absolute Gasteiger partial charge is 0.306 e. The van der Waals surface area contributed by atoms with Crippen molar-refractivity contribution in [3.8, 4) is 0 Å². The van der Waals surface area contributed by atoms with Crippen molar-refractivity contribution in [3.05, 3.63) is 134 Å². The molecule has 0 spiro atoms. The molecule has 0 aliphatic carbocycles. The molecule has 1 atom stereocenters. The maximum atomic E-state index is 12.9. The second-order valence-electron chi connectivity index (χ2n) is 22.0. The number of hydrogen-bond acceptors (Lipinski definition) is 6. The SMILES string of the molecule is CC/C=C\C/C=C\C/C=C\C/C=C\C/C=C\C/C=C\C/C=C\CCCCCCCCCCCCCC(=O)OCC(COC(=O)CCCCC/C=C\C/C=C\C/C=C\CC)OC(=O)CCCCCCCCC/C=C\CCCCCCCC. The lowest BCUT2D eigenvalue weighted by atomic mass is 10.0. The maximum Gasteiger partial charge on any atom is 0.306 e. The van der Waals surface area contributed by atoms with Crippen LogP contribution in [0.25, 0.3) is 0 Å². The second-order valence-corrected chi connectivity index (χ2v) is 22.0. The molecule has 0 radical (unpaired) electrons. The number of esters is 3. The van der Waals surface area contributed by atoms with Gasteiger partial charge in [0, 0.05) is 19.3 Å². The molecule has 0 saturated heterocycles. The van der Waals surface area contributed by atoms with Crippen LogP contribution in [0.15, 0.2) is 134 Å². The molecule has 1 unspecified atom stereocenters. The molecule has 0 aromatic carbocycles. The third-order valence-electron chi connectivity index (χ3n) is 14.1. The molecule has 81 heavy (non-hydrogen) atoms. The van der Waals surface area contributed by atoms with Crippen LogP contribution < -0.4 is 0 Å². The first-order valence-corrected chi connectivity index (χ1v) is 33.7. The average molecular weight is 1120 g/mol. The van der Waals surface area contributed by atoms with E-state index in [-0.39, 0.29) is 31.1 Å². The van der Waals surface area contributed by atoms with Gasteiger partial charge in [0.25, 0.3) is 0 Å². The van der Waals surface area contributed by atoms with Gasteiger partial charge in [0.1, 0.15) is 13.2 Å². The normalized spacial score (nSPS) is 13.0. The lowest BCUT2D eigenvalue weighted by Crippen LogP contribution is -2.30. The van der Waals surface area contributed by atoms with Gasteiger partial charge >= 0.3 is 17.9 Å². The topological polar surface area (TPSA) is 78.9 Å². The third-order valence-corrected chi connectivity index (χ3v) is 14.1. The van der Waals surface area contributed by atoms with Crippen LogP contribution in [0.2, 0.25) is 0 Å². The number of rotatable bonds is 60. The Hall–Kier alpha value is -4.45. The molecular formula is C75H124O6. The van der Waals surface area contributed by atoms with Crippen molar-refractivity contribution in [2.45, 2.75) is 309 Å². The van der Waals surface area contributed by atoms with Crippen LogP contribution in [0.5, 0.6) is 0 Å². The summed E-state index contributed by atoms with van der Waals surface area (Å²) in [6, 6.07) is 0. The van der Waals surface area contributed by atoms with E-state index in [4.69, 9.17) is 14.2 Å². The van der Waals surface area contributed by atoms with Gasteiger partial charge in [-0.3, -0.25) is 14.4 Å². The van der Waals surface area contributed by atoms with Gasteiger partial charge in [0.05, 0.1) is 0 Å². The van der Waals surface area contributed by atoms with E-state index in [1.165, 1.54) is 135 Å². The summed E-state index contributed by atoms with van der Waals surface area (Å²) >= 11 is 0. The van der Waals surface area contributed by atoms with E-state index in [1.807, 2.05) is 0 Å². The maximum absolute atomic E-state index is 12.9. The minimum absolute atomic E-state index is 0.0924. The summed E-state index contributed by atoms with van der Waals surface area (Å²) in [5.41, 5.74) is 0. The standard InChI is InChI=1S/C75H124O6/c1-4-7-10-13-16-19-22-25-27-29-30-31-32-33-34-35-36-37-38-39-40-41-42-43-44-46-47-50-53-56-59-62-65-68-74(77)80-71-72(70-79-73(76)67-64-61-58-55-52-49-24-21-18-15-12-9-6-3)81-75(78)69-66-63-60-57-54-51-48-45-28-26-23-20-17-14-11-8-5-2/h7,9-10,12,16,18-19,21,25-28,30-31,33-34,36-37,39-40,49,52,72H,4-6,8,11,13-15,17,20,22-24,29,32,35,38,41-48,50-51,53-71H2,1-3H3/b10-7-,12-9-,19-16-,21-18-,27-25-,28-26-,31-30-,34-33-,37-36-,40-39-,52-49-. The van der Waals surface area contributed by atoms with Crippen molar-refractivity contribution in [2.24, 2.45) is 0 Å². The van der Waals surface area contributed by atoms with E-state index in [0.717, 1.165) is 128 Å². The summed E-state index contributed by atoms with van der Waals surface area (Å²) in [6.07, 6.45) is 96.2. The second kappa shape index (κ2) is 68.1. The number of allylic oxidation sites excluding steroid dienone is 22. The predicted octanol–water partition coefficient (Wildman–Crippen LogP) is 23.3. The number of unbranched alkanes of at least 4 members (excludes halogenated alkanes) is 27. The van der Waals surface area contributed by atoms with E-state index in [2.05, 4.69) is 154 Å². The Labute approximate surface area is 500 Å². The first kappa shape index (κ1) is 76.5. The first-order valence-electron chi connectivity index (χ1n) is 33.7. The van der Waals surface area contributed by atoms with Gasteiger partial charge < -0.3 is 14.2 Å². The van der Waals surface area contributed by atoms with Crippen LogP contribution in [0.3, 0.4) is 0 Å². The summed E-state index contributed by atoms with van der Waals surface area (Å²) in [5.74, 6) is -0.925. The van der Waals surface area contributed by atoms with Crippen molar-refractivity contribution < 1.29 is 28.6 Å². The van der Waals surface area contributed by atoms with E-state index >= 15 is 0 Å². The molecule has 0 fully saturated rings. The fourth-order valence-electron chi connectivity index (χ4n) is 9.14. The number of hydrogen-bond donors (Lipinski definition) is 0. The summed E-state index contributed by atoms with van der Waals surface area (Å²) in [6.45, 7) is 6.39. The van der Waals surface area contributed by atoms with E-state index < -0.39 is 6.10 Å². The monoisotopic (exact) mass is 1120 g/mol. The number of ether oxygens (including phenoxy) is 3. The van der Waals surface area contributed by atoms with Crippen LogP contribution in [0.4, 0.5) is 0 Å². The van der Waals surface area contributed by atoms with Crippen LogP contribution in [0, 0.1) is 0 Å². The highest BCUT2D eigenvalue weighted by Gasteiger charge is 2.19. The summed E-state index contributed by atoms with van der Waals surface area (Å²) in [4.78, 5) is 38.3. The molecule has 0 aliphatic rings. The van der Waals surface area contributed by atoms with Crippen LogP contribution >= 0.6 is 0 Å². The van der Waals surface area contributed by atoms with Crippen molar-refractivity contribution in [3.63, 3.8) is 0 Å². The van der Waals surface area contributed by atoms with Crippen molar-refractivity contribution in [2.75, 3.05) is 13.2 Å². The predicted molar refractivity (Wildman–Crippen MR) is 353 cm³/mol. The van der Waals surface area contributed by atoms with Gasteiger partial charge in [0.2, 0.25) is 0 Å². The largest absolute Gasteiger partial charge is 0.462 e. The lowest BCUT2D eigenvalue weighted by molar-refractivity contribution is -0.167. The van der Waals surface area contributed by atoms with Gasteiger partial charge in [0.15, 0.2) is 6.10 Å². The molecule has 0 aromatic rings. The molecule has 0 aliphatic heterocycles. The molecule has 6 nitrogen and oxygen atoms in total. The number of carbonyl (C=O) groups is 3. The molecule has 0 amide bonds. The molecule has 6 heteroatoms. The van der Waals surface area contributed by atoms with Crippen LogP contribution in [0.1, 0.15) is 303 Å². The summed E-state index contributed by atoms with van der Waals surface area (Å²) in [7, 11) is 0. The molecule has 0 heterocycles. The minimum Gasteiger partial charge on any atom is -0.462 e. The first-order chi connectivity index (χ1) is 40.0. The minimum atomic E-state index is -0.798. The summed E-state index contributed by atoms with van der Waals surface area (Å²) < 4.78 is 16.9. The van der Waals surface area contributed by atoms with Gasteiger partial charge in [-0.2, -0.15) is 0 Å². The van der Waals surface area contributed by atoms with E-state index in [1.54, 1.807) is 0 Å². The third kappa shape index (κ3) is 66.2. The Morgan fingerprint density at radius 3 is 0.778 bits per heavy atom. The summed E-state index contributed by atoms with van der Waals surface area (Å²) in [5, 5.41) is 0. The molecule has 0 saturated carbocycles.